The number of benzene rings is 2. The van der Waals surface area contributed by atoms with Crippen molar-refractivity contribution in [3.8, 4) is 0 Å². The van der Waals surface area contributed by atoms with Crippen molar-refractivity contribution in [1.29, 1.82) is 0 Å². The van der Waals surface area contributed by atoms with E-state index in [1.165, 1.54) is 13.0 Å². The molecule has 1 fully saturated rings. The standard InChI is InChI=1S/C19H14F5N3O3/c1-18(10-3-2-4-11(7-10)19(22,23)24)16(29)27(17(30)26-18)9-15(28)25-14-8-12(20)5-6-13(14)21/h2-8H,9H2,1H3,(H,25,28)(H,26,30)/t18-/m1/s1. The van der Waals surface area contributed by atoms with Crippen LogP contribution in [0.15, 0.2) is 42.5 Å². The van der Waals surface area contributed by atoms with E-state index in [1.807, 2.05) is 5.32 Å². The summed E-state index contributed by atoms with van der Waals surface area (Å²) < 4.78 is 65.8. The first kappa shape index (κ1) is 21.2. The van der Waals surface area contributed by atoms with Gasteiger partial charge in [-0.25, -0.2) is 13.6 Å². The number of hydrogen-bond donors (Lipinski definition) is 2. The number of carbonyl (C=O) groups excluding carboxylic acids is 3. The maximum absolute atomic E-state index is 13.6. The van der Waals surface area contributed by atoms with Crippen LogP contribution in [0.25, 0.3) is 0 Å². The van der Waals surface area contributed by atoms with Crippen molar-refractivity contribution in [2.45, 2.75) is 18.6 Å². The van der Waals surface area contributed by atoms with E-state index in [0.29, 0.717) is 11.0 Å². The van der Waals surface area contributed by atoms with Crippen LogP contribution in [-0.4, -0.2) is 29.3 Å². The van der Waals surface area contributed by atoms with Gasteiger partial charge in [0.15, 0.2) is 0 Å². The number of rotatable bonds is 4. The lowest BCUT2D eigenvalue weighted by molar-refractivity contribution is -0.138. The molecule has 158 valence electrons. The molecule has 0 aliphatic carbocycles. The van der Waals surface area contributed by atoms with Crippen LogP contribution in [0.4, 0.5) is 32.4 Å². The third-order valence-electron chi connectivity index (χ3n) is 4.55. The summed E-state index contributed by atoms with van der Waals surface area (Å²) in [5.41, 5.74) is -3.48. The van der Waals surface area contributed by atoms with Crippen LogP contribution in [0, 0.1) is 11.6 Å². The van der Waals surface area contributed by atoms with Crippen LogP contribution >= 0.6 is 0 Å². The van der Waals surface area contributed by atoms with Crippen molar-refractivity contribution in [2.24, 2.45) is 0 Å². The largest absolute Gasteiger partial charge is 0.416 e. The van der Waals surface area contributed by atoms with Crippen molar-refractivity contribution in [1.82, 2.24) is 10.2 Å². The van der Waals surface area contributed by atoms with Crippen LogP contribution < -0.4 is 10.6 Å². The normalized spacial score (nSPS) is 19.1. The number of alkyl halides is 3. The van der Waals surface area contributed by atoms with Crippen molar-refractivity contribution in [2.75, 3.05) is 11.9 Å². The van der Waals surface area contributed by atoms with E-state index in [9.17, 15) is 36.3 Å². The molecule has 30 heavy (non-hydrogen) atoms. The van der Waals surface area contributed by atoms with Crippen molar-refractivity contribution in [3.63, 3.8) is 0 Å². The van der Waals surface area contributed by atoms with Gasteiger partial charge in [0, 0.05) is 6.07 Å². The minimum atomic E-state index is -4.66. The molecule has 1 atom stereocenters. The van der Waals surface area contributed by atoms with Crippen molar-refractivity contribution in [3.05, 3.63) is 65.2 Å². The summed E-state index contributed by atoms with van der Waals surface area (Å²) in [5, 5.41) is 4.31. The molecule has 0 bridgehead atoms. The molecule has 1 aliphatic heterocycles. The van der Waals surface area contributed by atoms with Crippen LogP contribution in [0.1, 0.15) is 18.1 Å². The molecule has 2 aromatic rings. The fraction of sp³-hybridized carbons (Fsp3) is 0.211. The fourth-order valence-electron chi connectivity index (χ4n) is 2.97. The Kier molecular flexibility index (Phi) is 5.23. The van der Waals surface area contributed by atoms with Gasteiger partial charge in [0.1, 0.15) is 23.7 Å². The highest BCUT2D eigenvalue weighted by Crippen LogP contribution is 2.34. The molecule has 11 heteroatoms. The number of carbonyl (C=O) groups is 3. The first-order chi connectivity index (χ1) is 13.9. The van der Waals surface area contributed by atoms with Crippen molar-refractivity contribution >= 4 is 23.5 Å². The second kappa shape index (κ2) is 7.39. The molecule has 1 aliphatic rings. The zero-order valence-corrected chi connectivity index (χ0v) is 15.3. The summed E-state index contributed by atoms with van der Waals surface area (Å²) in [6.07, 6.45) is -4.66. The fourth-order valence-corrected chi connectivity index (χ4v) is 2.97. The van der Waals surface area contributed by atoms with E-state index in [1.54, 1.807) is 0 Å². The van der Waals surface area contributed by atoms with Gasteiger partial charge in [0.2, 0.25) is 5.91 Å². The molecular formula is C19H14F5N3O3. The Morgan fingerprint density at radius 1 is 1.13 bits per heavy atom. The Hall–Kier alpha value is -3.50. The summed E-state index contributed by atoms with van der Waals surface area (Å²) in [6.45, 7) is 0.349. The molecular weight excluding hydrogens is 413 g/mol. The highest BCUT2D eigenvalue weighted by molar-refractivity contribution is 6.10. The first-order valence-electron chi connectivity index (χ1n) is 8.48. The van der Waals surface area contributed by atoms with Gasteiger partial charge in [0.25, 0.3) is 5.91 Å². The lowest BCUT2D eigenvalue weighted by Crippen LogP contribution is -2.42. The Balaban J connectivity index is 1.81. The monoisotopic (exact) mass is 427 g/mol. The van der Waals surface area contributed by atoms with Gasteiger partial charge in [0.05, 0.1) is 11.3 Å². The second-order valence-corrected chi connectivity index (χ2v) is 6.70. The third-order valence-corrected chi connectivity index (χ3v) is 4.55. The Labute approximate surface area is 166 Å². The number of urea groups is 1. The van der Waals surface area contributed by atoms with Crippen LogP contribution in [0.2, 0.25) is 0 Å². The first-order valence-corrected chi connectivity index (χ1v) is 8.48. The van der Waals surface area contributed by atoms with Crippen molar-refractivity contribution < 1.29 is 36.3 Å². The van der Waals surface area contributed by atoms with E-state index in [0.717, 1.165) is 30.3 Å². The highest BCUT2D eigenvalue weighted by atomic mass is 19.4. The van der Waals surface area contributed by atoms with Gasteiger partial charge in [-0.1, -0.05) is 12.1 Å². The Morgan fingerprint density at radius 3 is 2.50 bits per heavy atom. The summed E-state index contributed by atoms with van der Waals surface area (Å²) in [7, 11) is 0. The Morgan fingerprint density at radius 2 is 1.83 bits per heavy atom. The molecule has 6 nitrogen and oxygen atoms in total. The van der Waals surface area contributed by atoms with E-state index in [-0.39, 0.29) is 5.56 Å². The minimum absolute atomic E-state index is 0.130. The maximum Gasteiger partial charge on any atom is 0.416 e. The third kappa shape index (κ3) is 3.95. The molecule has 2 aromatic carbocycles. The molecule has 0 saturated carbocycles. The van der Waals surface area contributed by atoms with Crippen LogP contribution in [0.3, 0.4) is 0 Å². The molecule has 3 rings (SSSR count). The van der Waals surface area contributed by atoms with Gasteiger partial charge in [-0.2, -0.15) is 13.2 Å². The molecule has 2 N–H and O–H groups in total. The predicted molar refractivity (Wildman–Crippen MR) is 94.0 cm³/mol. The molecule has 4 amide bonds. The average Bonchev–Trinajstić information content (AvgIpc) is 2.88. The quantitative estimate of drug-likeness (QED) is 0.580. The van der Waals surface area contributed by atoms with Crippen LogP contribution in [-0.2, 0) is 21.3 Å². The number of nitrogens with one attached hydrogen (secondary N) is 2. The average molecular weight is 427 g/mol. The van der Waals surface area contributed by atoms with Gasteiger partial charge in [-0.3, -0.25) is 14.5 Å². The molecule has 1 heterocycles. The highest BCUT2D eigenvalue weighted by Gasteiger charge is 2.50. The second-order valence-electron chi connectivity index (χ2n) is 6.70. The van der Waals surface area contributed by atoms with Gasteiger partial charge in [-0.05, 0) is 36.8 Å². The number of anilines is 1. The minimum Gasteiger partial charge on any atom is -0.322 e. The molecule has 0 radical (unpaired) electrons. The summed E-state index contributed by atoms with van der Waals surface area (Å²) in [6, 6.07) is 5.17. The number of halogens is 5. The molecule has 0 aromatic heterocycles. The summed E-state index contributed by atoms with van der Waals surface area (Å²) in [5.74, 6) is -3.73. The van der Waals surface area contributed by atoms with E-state index in [4.69, 9.17) is 0 Å². The van der Waals surface area contributed by atoms with Crippen LogP contribution in [0.5, 0.6) is 0 Å². The van der Waals surface area contributed by atoms with Gasteiger partial charge in [-0.15, -0.1) is 0 Å². The smallest absolute Gasteiger partial charge is 0.322 e. The topological polar surface area (TPSA) is 78.5 Å². The molecule has 0 spiro atoms. The summed E-state index contributed by atoms with van der Waals surface area (Å²) >= 11 is 0. The Bertz CT molecular complexity index is 1040. The van der Waals surface area contributed by atoms with E-state index >= 15 is 0 Å². The zero-order valence-electron chi connectivity index (χ0n) is 15.3. The summed E-state index contributed by atoms with van der Waals surface area (Å²) in [4.78, 5) is 37.6. The lowest BCUT2D eigenvalue weighted by Gasteiger charge is -2.23. The van der Waals surface area contributed by atoms with Gasteiger partial charge >= 0.3 is 12.2 Å². The predicted octanol–water partition coefficient (Wildman–Crippen LogP) is 3.39. The molecule has 0 unspecified atom stereocenters. The van der Waals surface area contributed by atoms with E-state index < -0.39 is 59.0 Å². The SMILES string of the molecule is C[C@]1(c2cccc(C(F)(F)F)c2)NC(=O)N(CC(=O)Nc2cc(F)ccc2F)C1=O. The number of imide groups is 1. The van der Waals surface area contributed by atoms with Gasteiger partial charge < -0.3 is 10.6 Å². The number of nitrogens with zero attached hydrogens (tertiary/aromatic N) is 1. The molecule has 1 saturated heterocycles. The number of hydrogen-bond acceptors (Lipinski definition) is 3. The van der Waals surface area contributed by atoms with E-state index in [2.05, 4.69) is 5.32 Å². The zero-order chi connectivity index (χ0) is 22.3. The maximum atomic E-state index is 13.6. The number of amides is 4. The lowest BCUT2D eigenvalue weighted by atomic mass is 9.90.